The third-order valence-electron chi connectivity index (χ3n) is 3.61. The molecule has 2 fully saturated rings. The molecule has 0 aliphatic carbocycles. The summed E-state index contributed by atoms with van der Waals surface area (Å²) in [5.41, 5.74) is 0. The number of hydrogen-bond acceptors (Lipinski definition) is 5. The van der Waals surface area contributed by atoms with E-state index < -0.39 is 0 Å². The Morgan fingerprint density at radius 1 is 1.06 bits per heavy atom. The minimum Gasteiger partial charge on any atom is -0.377 e. The van der Waals surface area contributed by atoms with E-state index in [1.54, 1.807) is 21.3 Å². The molecule has 2 aliphatic heterocycles. The van der Waals surface area contributed by atoms with E-state index in [1.165, 1.54) is 5.75 Å². The molecule has 4 atom stereocenters. The number of rotatable bonds is 3. The Bertz CT molecular complexity index is 223. The third-order valence-corrected chi connectivity index (χ3v) is 4.66. The number of thioether (sulfide) groups is 1. The first-order chi connectivity index (χ1) is 7.81. The highest BCUT2D eigenvalue weighted by molar-refractivity contribution is 7.99. The molecule has 0 aromatic rings. The van der Waals surface area contributed by atoms with E-state index in [0.717, 1.165) is 18.8 Å². The fourth-order valence-corrected chi connectivity index (χ4v) is 3.91. The maximum Gasteiger partial charge on any atom is 0.112 e. The molecule has 4 nitrogen and oxygen atoms in total. The lowest BCUT2D eigenvalue weighted by molar-refractivity contribution is -0.165. The molecule has 0 aromatic carbocycles. The van der Waals surface area contributed by atoms with Crippen LogP contribution in [0.1, 0.15) is 0 Å². The largest absolute Gasteiger partial charge is 0.377 e. The monoisotopic (exact) mass is 247 g/mol. The fourth-order valence-electron chi connectivity index (χ4n) is 2.74. The second-order valence-corrected chi connectivity index (χ2v) is 5.46. The Morgan fingerprint density at radius 2 is 1.81 bits per heavy atom. The summed E-state index contributed by atoms with van der Waals surface area (Å²) in [5, 5.41) is 0. The van der Waals surface area contributed by atoms with Gasteiger partial charge in [-0.3, -0.25) is 4.90 Å². The van der Waals surface area contributed by atoms with Gasteiger partial charge in [0.2, 0.25) is 0 Å². The van der Waals surface area contributed by atoms with Crippen molar-refractivity contribution in [1.82, 2.24) is 4.90 Å². The number of nitrogens with zero attached hydrogens (tertiary/aromatic N) is 1. The van der Waals surface area contributed by atoms with E-state index >= 15 is 0 Å². The van der Waals surface area contributed by atoms with Crippen molar-refractivity contribution in [2.75, 3.05) is 45.9 Å². The predicted molar refractivity (Wildman–Crippen MR) is 65.1 cm³/mol. The van der Waals surface area contributed by atoms with Crippen LogP contribution in [0.15, 0.2) is 0 Å². The molecule has 0 aromatic heterocycles. The fraction of sp³-hybridized carbons (Fsp3) is 1.00. The van der Waals surface area contributed by atoms with Crippen LogP contribution in [0.5, 0.6) is 0 Å². The van der Waals surface area contributed by atoms with Crippen LogP contribution in [0.25, 0.3) is 0 Å². The number of methoxy groups -OCH3 is 3. The van der Waals surface area contributed by atoms with Crippen molar-refractivity contribution in [2.24, 2.45) is 0 Å². The highest BCUT2D eigenvalue weighted by atomic mass is 32.2. The molecular formula is C11H21NO3S. The molecule has 16 heavy (non-hydrogen) atoms. The Morgan fingerprint density at radius 3 is 2.44 bits per heavy atom. The standard InChI is InChI=1S/C11H21NO3S/c1-13-9-6-12-4-5-16-7-8(12)10(14-2)11(9)15-3/h8-11H,4-7H2,1-3H3/t8-,9-,10-,11-/m1/s1. The van der Waals surface area contributed by atoms with Gasteiger partial charge in [-0.15, -0.1) is 0 Å². The van der Waals surface area contributed by atoms with Crippen LogP contribution in [0.2, 0.25) is 0 Å². The molecule has 0 N–H and O–H groups in total. The molecule has 5 heteroatoms. The minimum atomic E-state index is 0.0509. The molecule has 2 aliphatic rings. The van der Waals surface area contributed by atoms with Crippen molar-refractivity contribution >= 4 is 11.8 Å². The Balaban J connectivity index is 2.13. The van der Waals surface area contributed by atoms with Crippen LogP contribution in [-0.4, -0.2) is 75.2 Å². The molecule has 0 unspecified atom stereocenters. The van der Waals surface area contributed by atoms with Gasteiger partial charge in [0, 0.05) is 52.0 Å². The van der Waals surface area contributed by atoms with Gasteiger partial charge in [-0.05, 0) is 0 Å². The van der Waals surface area contributed by atoms with Gasteiger partial charge < -0.3 is 14.2 Å². The number of hydrogen-bond donors (Lipinski definition) is 0. The number of fused-ring (bicyclic) bond motifs is 1. The summed E-state index contributed by atoms with van der Waals surface area (Å²) in [6.45, 7) is 2.09. The molecule has 0 radical (unpaired) electrons. The van der Waals surface area contributed by atoms with Crippen LogP contribution in [0.4, 0.5) is 0 Å². The quantitative estimate of drug-likeness (QED) is 0.723. The maximum absolute atomic E-state index is 5.64. The van der Waals surface area contributed by atoms with E-state index in [1.807, 2.05) is 11.8 Å². The van der Waals surface area contributed by atoms with E-state index in [-0.39, 0.29) is 18.3 Å². The van der Waals surface area contributed by atoms with Gasteiger partial charge in [0.25, 0.3) is 0 Å². The first-order valence-corrected chi connectivity index (χ1v) is 6.87. The zero-order chi connectivity index (χ0) is 11.5. The average molecular weight is 247 g/mol. The Kier molecular flexibility index (Phi) is 4.49. The predicted octanol–water partition coefficient (Wildman–Crippen LogP) is 0.462. The van der Waals surface area contributed by atoms with Crippen molar-refractivity contribution in [3.05, 3.63) is 0 Å². The van der Waals surface area contributed by atoms with Gasteiger partial charge in [-0.25, -0.2) is 0 Å². The van der Waals surface area contributed by atoms with Crippen LogP contribution in [0, 0.1) is 0 Å². The van der Waals surface area contributed by atoms with Crippen molar-refractivity contribution in [3.63, 3.8) is 0 Å². The molecular weight excluding hydrogens is 226 g/mol. The molecule has 0 saturated carbocycles. The summed E-state index contributed by atoms with van der Waals surface area (Å²) in [4.78, 5) is 2.48. The molecule has 2 rings (SSSR count). The molecule has 2 heterocycles. The van der Waals surface area contributed by atoms with Crippen molar-refractivity contribution < 1.29 is 14.2 Å². The Hall–Kier alpha value is 0.190. The van der Waals surface area contributed by atoms with Gasteiger partial charge in [0.05, 0.1) is 6.10 Å². The first-order valence-electron chi connectivity index (χ1n) is 5.72. The van der Waals surface area contributed by atoms with Gasteiger partial charge >= 0.3 is 0 Å². The van der Waals surface area contributed by atoms with E-state index in [4.69, 9.17) is 14.2 Å². The highest BCUT2D eigenvalue weighted by Gasteiger charge is 2.45. The topological polar surface area (TPSA) is 30.9 Å². The highest BCUT2D eigenvalue weighted by Crippen LogP contribution is 2.29. The Labute approximate surface area is 102 Å². The van der Waals surface area contributed by atoms with Gasteiger partial charge in [0.15, 0.2) is 0 Å². The first kappa shape index (κ1) is 12.6. The van der Waals surface area contributed by atoms with Crippen LogP contribution in [-0.2, 0) is 14.2 Å². The third kappa shape index (κ3) is 2.24. The summed E-state index contributed by atoms with van der Waals surface area (Å²) in [7, 11) is 5.27. The molecule has 94 valence electrons. The van der Waals surface area contributed by atoms with E-state index in [0.29, 0.717) is 6.04 Å². The zero-order valence-corrected chi connectivity index (χ0v) is 11.0. The average Bonchev–Trinajstić information content (AvgIpc) is 2.36. The SMILES string of the molecule is CO[C@H]1[C@H](OC)[C@H](OC)CN2CCSC[C@H]12. The smallest absolute Gasteiger partial charge is 0.112 e. The normalized spacial score (nSPS) is 40.7. The lowest BCUT2D eigenvalue weighted by Crippen LogP contribution is -2.65. The van der Waals surface area contributed by atoms with Crippen molar-refractivity contribution in [2.45, 2.75) is 24.4 Å². The molecule has 0 amide bonds. The lowest BCUT2D eigenvalue weighted by atomic mass is 9.94. The second kappa shape index (κ2) is 5.69. The maximum atomic E-state index is 5.64. The molecule has 0 spiro atoms. The van der Waals surface area contributed by atoms with E-state index in [9.17, 15) is 0 Å². The van der Waals surface area contributed by atoms with Crippen LogP contribution < -0.4 is 0 Å². The van der Waals surface area contributed by atoms with Gasteiger partial charge in [-0.1, -0.05) is 0 Å². The van der Waals surface area contributed by atoms with Gasteiger partial charge in [-0.2, -0.15) is 11.8 Å². The number of ether oxygens (including phenoxy) is 3. The second-order valence-electron chi connectivity index (χ2n) is 4.31. The van der Waals surface area contributed by atoms with Crippen LogP contribution in [0.3, 0.4) is 0 Å². The van der Waals surface area contributed by atoms with E-state index in [2.05, 4.69) is 4.90 Å². The van der Waals surface area contributed by atoms with Gasteiger partial charge in [0.1, 0.15) is 12.2 Å². The summed E-state index contributed by atoms with van der Waals surface area (Å²) < 4.78 is 16.7. The van der Waals surface area contributed by atoms with Crippen molar-refractivity contribution in [1.29, 1.82) is 0 Å². The molecule has 2 saturated heterocycles. The number of piperidine rings is 1. The lowest BCUT2D eigenvalue weighted by Gasteiger charge is -2.49. The summed E-state index contributed by atoms with van der Waals surface area (Å²) >= 11 is 2.00. The summed E-state index contributed by atoms with van der Waals surface area (Å²) in [6.07, 6.45) is 0.292. The zero-order valence-electron chi connectivity index (χ0n) is 10.2. The summed E-state index contributed by atoms with van der Waals surface area (Å²) in [5.74, 6) is 2.34. The molecule has 0 bridgehead atoms. The van der Waals surface area contributed by atoms with Crippen molar-refractivity contribution in [3.8, 4) is 0 Å². The van der Waals surface area contributed by atoms with Crippen LogP contribution >= 0.6 is 11.8 Å². The minimum absolute atomic E-state index is 0.0509. The summed E-state index contributed by atoms with van der Waals surface area (Å²) in [6, 6.07) is 0.472.